The smallest absolute Gasteiger partial charge is 0.251 e. The molecule has 1 aliphatic rings. The van der Waals surface area contributed by atoms with E-state index in [1.165, 1.54) is 0 Å². The molecule has 2 N–H and O–H groups in total. The summed E-state index contributed by atoms with van der Waals surface area (Å²) in [6, 6.07) is 7.56. The number of carbonyl (C=O) groups excluding carboxylic acids is 1. The molecule has 0 radical (unpaired) electrons. The minimum Gasteiger partial charge on any atom is -0.494 e. The molecule has 0 atom stereocenters. The fourth-order valence-corrected chi connectivity index (χ4v) is 2.71. The number of ether oxygens (including phenoxy) is 1. The molecule has 0 bridgehead atoms. The Labute approximate surface area is 126 Å². The molecule has 0 spiro atoms. The Morgan fingerprint density at radius 3 is 2.76 bits per heavy atom. The zero-order valence-corrected chi connectivity index (χ0v) is 12.7. The van der Waals surface area contributed by atoms with E-state index in [2.05, 4.69) is 12.2 Å². The third kappa shape index (κ3) is 4.74. The van der Waals surface area contributed by atoms with Gasteiger partial charge in [-0.3, -0.25) is 4.79 Å². The van der Waals surface area contributed by atoms with E-state index in [0.29, 0.717) is 18.1 Å². The summed E-state index contributed by atoms with van der Waals surface area (Å²) in [7, 11) is 0. The lowest BCUT2D eigenvalue weighted by atomic mass is 9.86. The van der Waals surface area contributed by atoms with Crippen LogP contribution in [0.15, 0.2) is 24.3 Å². The van der Waals surface area contributed by atoms with Crippen molar-refractivity contribution in [2.45, 2.75) is 45.1 Å². The number of hydrogen-bond donors (Lipinski definition) is 2. The first-order chi connectivity index (χ1) is 10.2. The number of hydrogen-bond acceptors (Lipinski definition) is 3. The minimum atomic E-state index is -0.0376. The zero-order chi connectivity index (χ0) is 15.1. The van der Waals surface area contributed by atoms with E-state index in [0.717, 1.165) is 37.9 Å². The van der Waals surface area contributed by atoms with E-state index >= 15 is 0 Å². The number of aliphatic hydroxyl groups is 1. The third-order valence-electron chi connectivity index (χ3n) is 4.01. The Hall–Kier alpha value is -1.55. The Kier molecular flexibility index (Phi) is 6.05. The van der Waals surface area contributed by atoms with E-state index in [1.54, 1.807) is 6.07 Å². The van der Waals surface area contributed by atoms with Crippen LogP contribution in [0, 0.1) is 5.92 Å². The molecular weight excluding hydrogens is 266 g/mol. The second kappa shape index (κ2) is 8.03. The van der Waals surface area contributed by atoms with Crippen molar-refractivity contribution in [1.29, 1.82) is 0 Å². The summed E-state index contributed by atoms with van der Waals surface area (Å²) in [6.45, 7) is 2.98. The van der Waals surface area contributed by atoms with Crippen LogP contribution in [0.1, 0.15) is 49.4 Å². The number of rotatable bonds is 6. The Bertz CT molecular complexity index is 453. The molecule has 1 amide bonds. The maximum atomic E-state index is 12.3. The van der Waals surface area contributed by atoms with Gasteiger partial charge >= 0.3 is 0 Å². The standard InChI is InChI=1S/C17H25NO3/c1-2-10-21-16-5-3-4-14(11-16)17(20)18-15-8-6-13(12-19)7-9-15/h3-5,11,13,15,19H,2,6-10,12H2,1H3,(H,18,20). The fourth-order valence-electron chi connectivity index (χ4n) is 2.71. The van der Waals surface area contributed by atoms with Crippen molar-refractivity contribution < 1.29 is 14.6 Å². The molecule has 0 unspecified atom stereocenters. The summed E-state index contributed by atoms with van der Waals surface area (Å²) in [5.41, 5.74) is 0.646. The van der Waals surface area contributed by atoms with Crippen molar-refractivity contribution in [3.63, 3.8) is 0 Å². The predicted molar refractivity (Wildman–Crippen MR) is 82.5 cm³/mol. The molecule has 1 saturated carbocycles. The number of aliphatic hydroxyl groups excluding tert-OH is 1. The molecular formula is C17H25NO3. The van der Waals surface area contributed by atoms with Crippen LogP contribution in [0.5, 0.6) is 5.75 Å². The van der Waals surface area contributed by atoms with Crippen molar-refractivity contribution in [2.75, 3.05) is 13.2 Å². The molecule has 0 aliphatic heterocycles. The zero-order valence-electron chi connectivity index (χ0n) is 12.7. The maximum Gasteiger partial charge on any atom is 0.251 e. The van der Waals surface area contributed by atoms with E-state index in [4.69, 9.17) is 9.84 Å². The van der Waals surface area contributed by atoms with Gasteiger partial charge in [0.1, 0.15) is 5.75 Å². The van der Waals surface area contributed by atoms with E-state index in [1.807, 2.05) is 18.2 Å². The molecule has 0 heterocycles. The van der Waals surface area contributed by atoms with Gasteiger partial charge in [0.15, 0.2) is 0 Å². The largest absolute Gasteiger partial charge is 0.494 e. The monoisotopic (exact) mass is 291 g/mol. The topological polar surface area (TPSA) is 58.6 Å². The average Bonchev–Trinajstić information content (AvgIpc) is 2.54. The van der Waals surface area contributed by atoms with E-state index in [9.17, 15) is 4.79 Å². The average molecular weight is 291 g/mol. The number of carbonyl (C=O) groups is 1. The highest BCUT2D eigenvalue weighted by molar-refractivity contribution is 5.94. The minimum absolute atomic E-state index is 0.0376. The van der Waals surface area contributed by atoms with Gasteiger partial charge < -0.3 is 15.2 Å². The Morgan fingerprint density at radius 1 is 1.33 bits per heavy atom. The lowest BCUT2D eigenvalue weighted by molar-refractivity contribution is 0.0913. The van der Waals surface area contributed by atoms with Gasteiger partial charge in [-0.15, -0.1) is 0 Å². The maximum absolute atomic E-state index is 12.3. The first-order valence-electron chi connectivity index (χ1n) is 7.87. The molecule has 1 fully saturated rings. The summed E-state index contributed by atoms with van der Waals surface area (Å²) in [4.78, 5) is 12.3. The molecule has 116 valence electrons. The molecule has 2 rings (SSSR count). The van der Waals surface area contributed by atoms with Crippen LogP contribution in [0.4, 0.5) is 0 Å². The molecule has 1 aliphatic carbocycles. The first kappa shape index (κ1) is 15.8. The van der Waals surface area contributed by atoms with E-state index < -0.39 is 0 Å². The molecule has 4 heteroatoms. The lowest BCUT2D eigenvalue weighted by Gasteiger charge is -2.28. The van der Waals surface area contributed by atoms with Gasteiger partial charge in [0, 0.05) is 18.2 Å². The van der Waals surface area contributed by atoms with Gasteiger partial charge in [0.2, 0.25) is 0 Å². The van der Waals surface area contributed by atoms with Crippen molar-refractivity contribution >= 4 is 5.91 Å². The number of nitrogens with one attached hydrogen (secondary N) is 1. The Balaban J connectivity index is 1.88. The van der Waals surface area contributed by atoms with Crippen LogP contribution in [-0.2, 0) is 0 Å². The molecule has 4 nitrogen and oxygen atoms in total. The van der Waals surface area contributed by atoms with Crippen molar-refractivity contribution in [2.24, 2.45) is 5.92 Å². The van der Waals surface area contributed by atoms with Crippen LogP contribution in [0.25, 0.3) is 0 Å². The van der Waals surface area contributed by atoms with Crippen LogP contribution in [-0.4, -0.2) is 30.3 Å². The van der Waals surface area contributed by atoms with Gasteiger partial charge in [-0.2, -0.15) is 0 Å². The van der Waals surface area contributed by atoms with Crippen LogP contribution < -0.4 is 10.1 Å². The summed E-state index contributed by atoms with van der Waals surface area (Å²) in [5, 5.41) is 12.2. The first-order valence-corrected chi connectivity index (χ1v) is 7.87. The Morgan fingerprint density at radius 2 is 2.10 bits per heavy atom. The second-order valence-electron chi connectivity index (χ2n) is 5.75. The summed E-state index contributed by atoms with van der Waals surface area (Å²) in [6.07, 6.45) is 4.82. The molecule has 0 aromatic heterocycles. The van der Waals surface area contributed by atoms with Crippen LogP contribution >= 0.6 is 0 Å². The summed E-state index contributed by atoms with van der Waals surface area (Å²) in [5.74, 6) is 1.11. The van der Waals surface area contributed by atoms with Gasteiger partial charge in [-0.25, -0.2) is 0 Å². The molecule has 1 aromatic rings. The van der Waals surface area contributed by atoms with Crippen molar-refractivity contribution in [3.8, 4) is 5.75 Å². The third-order valence-corrected chi connectivity index (χ3v) is 4.01. The number of benzene rings is 1. The van der Waals surface area contributed by atoms with E-state index in [-0.39, 0.29) is 18.6 Å². The molecule has 1 aromatic carbocycles. The van der Waals surface area contributed by atoms with Gasteiger partial charge in [0.05, 0.1) is 6.61 Å². The highest BCUT2D eigenvalue weighted by atomic mass is 16.5. The lowest BCUT2D eigenvalue weighted by Crippen LogP contribution is -2.38. The summed E-state index contributed by atoms with van der Waals surface area (Å²) >= 11 is 0. The molecule has 21 heavy (non-hydrogen) atoms. The molecule has 0 saturated heterocycles. The van der Waals surface area contributed by atoms with Gasteiger partial charge in [0.25, 0.3) is 5.91 Å². The van der Waals surface area contributed by atoms with Crippen LogP contribution in [0.3, 0.4) is 0 Å². The van der Waals surface area contributed by atoms with Gasteiger partial charge in [-0.1, -0.05) is 13.0 Å². The second-order valence-corrected chi connectivity index (χ2v) is 5.75. The van der Waals surface area contributed by atoms with Crippen LogP contribution in [0.2, 0.25) is 0 Å². The highest BCUT2D eigenvalue weighted by Crippen LogP contribution is 2.24. The van der Waals surface area contributed by atoms with Gasteiger partial charge in [-0.05, 0) is 56.2 Å². The number of amides is 1. The highest BCUT2D eigenvalue weighted by Gasteiger charge is 2.22. The van der Waals surface area contributed by atoms with Crippen molar-refractivity contribution in [3.05, 3.63) is 29.8 Å². The normalized spacial score (nSPS) is 21.8. The summed E-state index contributed by atoms with van der Waals surface area (Å²) < 4.78 is 5.56. The SMILES string of the molecule is CCCOc1cccc(C(=O)NC2CCC(CO)CC2)c1. The quantitative estimate of drug-likeness (QED) is 0.847. The fraction of sp³-hybridized carbons (Fsp3) is 0.588. The predicted octanol–water partition coefficient (Wildman–Crippen LogP) is 2.76. The van der Waals surface area contributed by atoms with Crippen molar-refractivity contribution in [1.82, 2.24) is 5.32 Å².